The molecule has 0 amide bonds. The summed E-state index contributed by atoms with van der Waals surface area (Å²) >= 11 is 0. The van der Waals surface area contributed by atoms with Gasteiger partial charge in [-0.05, 0) is 79.6 Å². The maximum atomic E-state index is 11.4. The third-order valence-electron chi connectivity index (χ3n) is 8.67. The number of ether oxygens (including phenoxy) is 1. The molecule has 0 heterocycles. The first-order valence-corrected chi connectivity index (χ1v) is 13.0. The second-order valence-corrected chi connectivity index (χ2v) is 11.4. The van der Waals surface area contributed by atoms with Crippen LogP contribution in [0.5, 0.6) is 0 Å². The van der Waals surface area contributed by atoms with Gasteiger partial charge in [-0.15, -0.1) is 0 Å². The second kappa shape index (κ2) is 10.5. The van der Waals surface area contributed by atoms with Crippen molar-refractivity contribution >= 4 is 5.97 Å². The van der Waals surface area contributed by atoms with Gasteiger partial charge >= 0.3 is 5.97 Å². The van der Waals surface area contributed by atoms with Crippen molar-refractivity contribution in [2.75, 3.05) is 0 Å². The van der Waals surface area contributed by atoms with E-state index in [4.69, 9.17) is 4.74 Å². The molecular weight excluding hydrogens is 380 g/mol. The zero-order valence-electron chi connectivity index (χ0n) is 20.8. The highest BCUT2D eigenvalue weighted by Crippen LogP contribution is 2.60. The minimum atomic E-state index is -0.169. The van der Waals surface area contributed by atoms with Crippen molar-refractivity contribution in [3.63, 3.8) is 0 Å². The van der Waals surface area contributed by atoms with Gasteiger partial charge in [-0.25, -0.2) is 0 Å². The van der Waals surface area contributed by atoms with Crippen LogP contribution >= 0.6 is 0 Å². The molecule has 0 bridgehead atoms. The van der Waals surface area contributed by atoms with Crippen molar-refractivity contribution in [1.29, 1.82) is 0 Å². The van der Waals surface area contributed by atoms with E-state index in [0.717, 1.165) is 42.9 Å². The molecule has 2 nitrogen and oxygen atoms in total. The van der Waals surface area contributed by atoms with Gasteiger partial charge in [-0.3, -0.25) is 4.79 Å². The Morgan fingerprint density at radius 1 is 1.16 bits per heavy atom. The lowest BCUT2D eigenvalue weighted by molar-refractivity contribution is -0.146. The van der Waals surface area contributed by atoms with E-state index in [1.807, 2.05) is 0 Å². The summed E-state index contributed by atoms with van der Waals surface area (Å²) in [5, 5.41) is 0. The highest BCUT2D eigenvalue weighted by atomic mass is 16.5. The third-order valence-corrected chi connectivity index (χ3v) is 8.67. The summed E-state index contributed by atoms with van der Waals surface area (Å²) in [7, 11) is 0. The fraction of sp³-hybridized carbons (Fsp3) is 0.759. The highest BCUT2D eigenvalue weighted by Gasteiger charge is 2.50. The van der Waals surface area contributed by atoms with Gasteiger partial charge in [0.1, 0.15) is 6.10 Å². The summed E-state index contributed by atoms with van der Waals surface area (Å²) in [5.41, 5.74) is 4.65. The molecular formula is C29H46O2. The summed E-state index contributed by atoms with van der Waals surface area (Å²) < 4.78 is 5.49. The molecule has 0 radical (unpaired) electrons. The Balaban J connectivity index is 1.69. The normalized spacial score (nSPS) is 34.9. The van der Waals surface area contributed by atoms with Gasteiger partial charge < -0.3 is 4.74 Å². The largest absolute Gasteiger partial charge is 0.462 e. The lowest BCUT2D eigenvalue weighted by atomic mass is 9.60. The Bertz CT molecular complexity index is 712. The molecule has 0 aliphatic heterocycles. The van der Waals surface area contributed by atoms with Crippen molar-refractivity contribution in [2.45, 2.75) is 111 Å². The Kier molecular flexibility index (Phi) is 8.27. The number of rotatable bonds is 7. The third kappa shape index (κ3) is 5.93. The average molecular weight is 427 g/mol. The van der Waals surface area contributed by atoms with Crippen molar-refractivity contribution in [3.05, 3.63) is 35.5 Å². The van der Waals surface area contributed by atoms with Crippen LogP contribution in [0.2, 0.25) is 0 Å². The number of hydrogen-bond donors (Lipinski definition) is 0. The Hall–Kier alpha value is -1.31. The van der Waals surface area contributed by atoms with Gasteiger partial charge in [0.2, 0.25) is 0 Å². The van der Waals surface area contributed by atoms with Crippen LogP contribution in [0.4, 0.5) is 0 Å². The predicted molar refractivity (Wildman–Crippen MR) is 131 cm³/mol. The number of carbonyl (C=O) groups excluding carboxylic acids is 1. The van der Waals surface area contributed by atoms with E-state index in [1.54, 1.807) is 5.57 Å². The monoisotopic (exact) mass is 426 g/mol. The van der Waals surface area contributed by atoms with Crippen LogP contribution in [-0.2, 0) is 9.53 Å². The molecule has 0 saturated heterocycles. The van der Waals surface area contributed by atoms with Crippen LogP contribution in [-0.4, -0.2) is 12.1 Å². The summed E-state index contributed by atoms with van der Waals surface area (Å²) in [6, 6.07) is 0. The molecule has 3 rings (SSSR count). The number of hydrogen-bond acceptors (Lipinski definition) is 2. The first-order valence-electron chi connectivity index (χ1n) is 13.0. The molecule has 0 unspecified atom stereocenters. The molecule has 0 aromatic carbocycles. The van der Waals surface area contributed by atoms with Crippen molar-refractivity contribution < 1.29 is 9.53 Å². The number of allylic oxidation sites excluding steroid dienone is 4. The maximum absolute atomic E-state index is 11.4. The zero-order valence-corrected chi connectivity index (χ0v) is 20.8. The summed E-state index contributed by atoms with van der Waals surface area (Å²) in [6.45, 7) is 15.6. The molecule has 0 spiro atoms. The van der Waals surface area contributed by atoms with Gasteiger partial charge in [-0.2, -0.15) is 0 Å². The average Bonchev–Trinajstić information content (AvgIpc) is 3.05. The smallest absolute Gasteiger partial charge is 0.302 e. The Morgan fingerprint density at radius 3 is 2.65 bits per heavy atom. The first-order chi connectivity index (χ1) is 14.7. The van der Waals surface area contributed by atoms with E-state index in [9.17, 15) is 4.79 Å². The van der Waals surface area contributed by atoms with Crippen molar-refractivity contribution in [3.8, 4) is 0 Å². The molecule has 174 valence electrons. The molecule has 3 aliphatic rings. The van der Waals surface area contributed by atoms with E-state index >= 15 is 0 Å². The molecule has 0 aromatic rings. The Labute approximate surface area is 191 Å². The summed E-state index contributed by atoms with van der Waals surface area (Å²) in [5.74, 6) is 3.12. The van der Waals surface area contributed by atoms with Crippen LogP contribution < -0.4 is 0 Å². The molecule has 0 N–H and O–H groups in total. The number of carbonyl (C=O) groups is 1. The zero-order chi connectivity index (χ0) is 22.6. The van der Waals surface area contributed by atoms with E-state index in [0.29, 0.717) is 5.41 Å². The van der Waals surface area contributed by atoms with Gasteiger partial charge in [0.25, 0.3) is 0 Å². The topological polar surface area (TPSA) is 26.3 Å². The minimum absolute atomic E-state index is 0.0202. The summed E-state index contributed by atoms with van der Waals surface area (Å²) in [4.78, 5) is 11.4. The van der Waals surface area contributed by atoms with Gasteiger partial charge in [0, 0.05) is 13.3 Å². The first kappa shape index (κ1) is 24.3. The molecule has 5 atom stereocenters. The van der Waals surface area contributed by atoms with Crippen LogP contribution in [0, 0.1) is 29.1 Å². The van der Waals surface area contributed by atoms with Crippen molar-refractivity contribution in [2.24, 2.45) is 29.1 Å². The van der Waals surface area contributed by atoms with E-state index in [1.165, 1.54) is 69.4 Å². The molecule has 3 fully saturated rings. The van der Waals surface area contributed by atoms with E-state index < -0.39 is 0 Å². The lowest BCUT2D eigenvalue weighted by Gasteiger charge is -2.44. The van der Waals surface area contributed by atoms with Gasteiger partial charge in [-0.1, -0.05) is 76.8 Å². The van der Waals surface area contributed by atoms with Gasteiger partial charge in [0.15, 0.2) is 0 Å². The molecule has 2 heteroatoms. The fourth-order valence-corrected chi connectivity index (χ4v) is 6.98. The SMILES string of the molecule is C=C1CC[C@H](OC(C)=O)C/C1=C\C=C1/CCC[C@]2(C)[C@@H]([C@H](C)CCCC(C)C)CC[C@@H]12. The predicted octanol–water partition coefficient (Wildman–Crippen LogP) is 8.19. The maximum Gasteiger partial charge on any atom is 0.302 e. The van der Waals surface area contributed by atoms with Gasteiger partial charge in [0.05, 0.1) is 0 Å². The fourth-order valence-electron chi connectivity index (χ4n) is 6.98. The molecule has 0 aromatic heterocycles. The molecule has 31 heavy (non-hydrogen) atoms. The Morgan fingerprint density at radius 2 is 1.94 bits per heavy atom. The van der Waals surface area contributed by atoms with Crippen LogP contribution in [0.3, 0.4) is 0 Å². The minimum Gasteiger partial charge on any atom is -0.462 e. The summed E-state index contributed by atoms with van der Waals surface area (Å²) in [6.07, 6.45) is 18.3. The van der Waals surface area contributed by atoms with E-state index in [-0.39, 0.29) is 12.1 Å². The quantitative estimate of drug-likeness (QED) is 0.383. The lowest BCUT2D eigenvalue weighted by Crippen LogP contribution is -2.36. The second-order valence-electron chi connectivity index (χ2n) is 11.4. The van der Waals surface area contributed by atoms with Crippen LogP contribution in [0.15, 0.2) is 35.5 Å². The van der Waals surface area contributed by atoms with Crippen LogP contribution in [0.1, 0.15) is 105 Å². The van der Waals surface area contributed by atoms with Crippen LogP contribution in [0.25, 0.3) is 0 Å². The molecule has 3 saturated carbocycles. The molecule has 3 aliphatic carbocycles. The number of esters is 1. The van der Waals surface area contributed by atoms with E-state index in [2.05, 4.69) is 46.4 Å². The number of fused-ring (bicyclic) bond motifs is 1. The highest BCUT2D eigenvalue weighted by molar-refractivity contribution is 5.66. The standard InChI is InChI=1S/C29H46O2/c1-20(2)9-7-10-22(4)27-16-17-28-24(11-8-18-29(27,28)6)13-14-25-19-26(31-23(5)30)15-12-21(25)3/h13-14,20,22,26-28H,3,7-12,15-19H2,1-2,4-6H3/b24-13+,25-14+/t22-,26+,27-,28+,29-/m1/s1. The van der Waals surface area contributed by atoms with Crippen molar-refractivity contribution in [1.82, 2.24) is 0 Å².